The molecule has 0 saturated heterocycles. The van der Waals surface area contributed by atoms with E-state index in [-0.39, 0.29) is 6.42 Å². The van der Waals surface area contributed by atoms with E-state index in [1.54, 1.807) is 42.5 Å². The first-order chi connectivity index (χ1) is 15.2. The van der Waals surface area contributed by atoms with Crippen LogP contribution in [0.2, 0.25) is 15.1 Å². The lowest BCUT2D eigenvalue weighted by Gasteiger charge is -2.26. The molecule has 3 aromatic rings. The quantitative estimate of drug-likeness (QED) is 0.440. The van der Waals surface area contributed by atoms with Crippen LogP contribution in [0.25, 0.3) is 5.57 Å². The number of halogens is 3. The van der Waals surface area contributed by atoms with Crippen molar-refractivity contribution in [1.82, 2.24) is 0 Å². The number of nitrogens with zero attached hydrogens (tertiary/aromatic N) is 1. The molecule has 1 heterocycles. The van der Waals surface area contributed by atoms with Crippen molar-refractivity contribution in [3.8, 4) is 0 Å². The van der Waals surface area contributed by atoms with Gasteiger partial charge in [0.2, 0.25) is 0 Å². The fourth-order valence-electron chi connectivity index (χ4n) is 3.73. The van der Waals surface area contributed by atoms with Gasteiger partial charge < -0.3 is 14.7 Å². The molecule has 0 radical (unpaired) electrons. The highest BCUT2D eigenvalue weighted by Crippen LogP contribution is 2.45. The Bertz CT molecular complexity index is 1200. The van der Waals surface area contributed by atoms with Gasteiger partial charge in [-0.15, -0.1) is 0 Å². The Labute approximate surface area is 201 Å². The van der Waals surface area contributed by atoms with Crippen LogP contribution in [-0.2, 0) is 21.7 Å². The summed E-state index contributed by atoms with van der Waals surface area (Å²) in [4.78, 5) is 15.0. The molecular weight excluding hydrogens is 469 g/mol. The van der Waals surface area contributed by atoms with Gasteiger partial charge in [-0.25, -0.2) is 4.79 Å². The lowest BCUT2D eigenvalue weighted by atomic mass is 9.88. The van der Waals surface area contributed by atoms with Gasteiger partial charge in [0.15, 0.2) is 0 Å². The number of hydrogen-bond donors (Lipinski definition) is 1. The molecule has 0 amide bonds. The highest BCUT2D eigenvalue weighted by atomic mass is 35.5. The fourth-order valence-corrected chi connectivity index (χ4v) is 4.18. The van der Waals surface area contributed by atoms with E-state index >= 15 is 0 Å². The second-order valence-electron chi connectivity index (χ2n) is 7.76. The molecule has 1 atom stereocenters. The number of hydrogen-bond acceptors (Lipinski definition) is 4. The average Bonchev–Trinajstić information content (AvgIpc) is 3.01. The first-order valence-electron chi connectivity index (χ1n) is 9.86. The summed E-state index contributed by atoms with van der Waals surface area (Å²) in [6.07, 6.45) is 0.229. The largest absolute Gasteiger partial charge is 0.421 e. The average molecular weight is 489 g/mol. The van der Waals surface area contributed by atoms with Crippen LogP contribution in [0, 0.1) is 0 Å². The van der Waals surface area contributed by atoms with Gasteiger partial charge in [-0.1, -0.05) is 65.1 Å². The van der Waals surface area contributed by atoms with Crippen molar-refractivity contribution >= 4 is 52.0 Å². The number of benzene rings is 3. The Kier molecular flexibility index (Phi) is 6.24. The van der Waals surface area contributed by atoms with Crippen LogP contribution in [0.3, 0.4) is 0 Å². The van der Waals surface area contributed by atoms with Crippen LogP contribution in [-0.4, -0.2) is 25.2 Å². The Morgan fingerprint density at radius 1 is 0.906 bits per heavy atom. The zero-order chi connectivity index (χ0) is 23.0. The van der Waals surface area contributed by atoms with Crippen molar-refractivity contribution in [2.75, 3.05) is 19.0 Å². The summed E-state index contributed by atoms with van der Waals surface area (Å²) in [6.45, 7) is 0. The minimum atomic E-state index is -1.94. The molecule has 4 rings (SSSR count). The predicted octanol–water partition coefficient (Wildman–Crippen LogP) is 6.11. The lowest BCUT2D eigenvalue weighted by Crippen LogP contribution is -2.29. The summed E-state index contributed by atoms with van der Waals surface area (Å²) in [6, 6.07) is 19.3. The SMILES string of the molecule is CN(C)c1ccc(C2=C(Cc3ccc(Cl)c(Cl)c3)C(O)(c3ccc(Cl)cc3)OC2=O)cc1. The fraction of sp³-hybridized carbons (Fsp3) is 0.160. The second-order valence-corrected chi connectivity index (χ2v) is 9.01. The molecule has 3 aromatic carbocycles. The monoisotopic (exact) mass is 487 g/mol. The number of esters is 1. The normalized spacial score (nSPS) is 18.1. The molecule has 0 spiro atoms. The van der Waals surface area contributed by atoms with E-state index in [4.69, 9.17) is 39.5 Å². The van der Waals surface area contributed by atoms with Gasteiger partial charge in [0, 0.05) is 42.4 Å². The minimum Gasteiger partial charge on any atom is -0.421 e. The molecule has 0 fully saturated rings. The second kappa shape index (κ2) is 8.80. The van der Waals surface area contributed by atoms with E-state index < -0.39 is 11.8 Å². The third kappa shape index (κ3) is 4.24. The van der Waals surface area contributed by atoms with Gasteiger partial charge in [-0.05, 0) is 47.5 Å². The van der Waals surface area contributed by atoms with Crippen molar-refractivity contribution in [3.05, 3.63) is 104 Å². The van der Waals surface area contributed by atoms with Crippen LogP contribution < -0.4 is 4.90 Å². The molecule has 0 aromatic heterocycles. The molecule has 0 aliphatic carbocycles. The summed E-state index contributed by atoms with van der Waals surface area (Å²) in [5, 5.41) is 13.0. The van der Waals surface area contributed by atoms with Crippen molar-refractivity contribution in [2.24, 2.45) is 0 Å². The summed E-state index contributed by atoms with van der Waals surface area (Å²) >= 11 is 18.3. The molecule has 164 valence electrons. The molecule has 1 aliphatic heterocycles. The van der Waals surface area contributed by atoms with Crippen LogP contribution in [0.5, 0.6) is 0 Å². The van der Waals surface area contributed by atoms with E-state index in [2.05, 4.69) is 0 Å². The number of cyclic esters (lactones) is 1. The maximum atomic E-state index is 13.0. The van der Waals surface area contributed by atoms with Crippen molar-refractivity contribution in [2.45, 2.75) is 12.2 Å². The van der Waals surface area contributed by atoms with Crippen LogP contribution in [0.15, 0.2) is 72.3 Å². The van der Waals surface area contributed by atoms with Crippen LogP contribution in [0.4, 0.5) is 5.69 Å². The predicted molar refractivity (Wildman–Crippen MR) is 129 cm³/mol. The Morgan fingerprint density at radius 3 is 2.16 bits per heavy atom. The van der Waals surface area contributed by atoms with E-state index in [1.165, 1.54) is 0 Å². The number of ether oxygens (including phenoxy) is 1. The van der Waals surface area contributed by atoms with Gasteiger partial charge in [0.05, 0.1) is 15.6 Å². The Morgan fingerprint density at radius 2 is 1.56 bits per heavy atom. The Balaban J connectivity index is 1.88. The summed E-state index contributed by atoms with van der Waals surface area (Å²) in [7, 11) is 3.88. The molecule has 1 unspecified atom stereocenters. The van der Waals surface area contributed by atoms with Crippen LogP contribution in [0.1, 0.15) is 16.7 Å². The van der Waals surface area contributed by atoms with E-state index in [9.17, 15) is 9.90 Å². The van der Waals surface area contributed by atoms with Crippen LogP contribution >= 0.6 is 34.8 Å². The van der Waals surface area contributed by atoms with Gasteiger partial charge in [0.1, 0.15) is 0 Å². The van der Waals surface area contributed by atoms with Crippen molar-refractivity contribution in [3.63, 3.8) is 0 Å². The smallest absolute Gasteiger partial charge is 0.341 e. The summed E-state index contributed by atoms with van der Waals surface area (Å²) < 4.78 is 5.59. The zero-order valence-electron chi connectivity index (χ0n) is 17.4. The molecule has 32 heavy (non-hydrogen) atoms. The highest BCUT2D eigenvalue weighted by Gasteiger charge is 2.48. The summed E-state index contributed by atoms with van der Waals surface area (Å²) in [5.74, 6) is -2.54. The molecule has 7 heteroatoms. The molecular formula is C25H20Cl3NO3. The maximum Gasteiger partial charge on any atom is 0.341 e. The molecule has 1 N–H and O–H groups in total. The maximum absolute atomic E-state index is 13.0. The molecule has 0 bridgehead atoms. The molecule has 4 nitrogen and oxygen atoms in total. The third-order valence-electron chi connectivity index (χ3n) is 5.43. The number of aliphatic hydroxyl groups is 1. The zero-order valence-corrected chi connectivity index (χ0v) is 19.7. The number of carbonyl (C=O) groups excluding carboxylic acids is 1. The van der Waals surface area contributed by atoms with E-state index in [1.807, 2.05) is 43.3 Å². The van der Waals surface area contributed by atoms with Gasteiger partial charge in [-0.3, -0.25) is 0 Å². The number of anilines is 1. The van der Waals surface area contributed by atoms with Crippen molar-refractivity contribution in [1.29, 1.82) is 0 Å². The number of rotatable bonds is 5. The van der Waals surface area contributed by atoms with E-state index in [0.717, 1.165) is 11.3 Å². The first kappa shape index (κ1) is 22.7. The first-order valence-corrected chi connectivity index (χ1v) is 11.0. The summed E-state index contributed by atoms with van der Waals surface area (Å²) in [5.41, 5.74) is 3.56. The number of carbonyl (C=O) groups is 1. The molecule has 0 saturated carbocycles. The lowest BCUT2D eigenvalue weighted by molar-refractivity contribution is -0.185. The van der Waals surface area contributed by atoms with Gasteiger partial charge in [-0.2, -0.15) is 0 Å². The highest BCUT2D eigenvalue weighted by molar-refractivity contribution is 6.42. The minimum absolute atomic E-state index is 0.229. The van der Waals surface area contributed by atoms with Gasteiger partial charge in [0.25, 0.3) is 5.79 Å². The third-order valence-corrected chi connectivity index (χ3v) is 6.42. The Hall–Kier alpha value is -2.50. The standard InChI is InChI=1S/C25H20Cl3NO3/c1-29(2)19-10-4-16(5-11-19)23-20(13-15-3-12-21(27)22(28)14-15)25(31,32-24(23)30)17-6-8-18(26)9-7-17/h3-12,14,31H,13H2,1-2H3. The molecule has 1 aliphatic rings. The van der Waals surface area contributed by atoms with E-state index in [0.29, 0.717) is 37.3 Å². The van der Waals surface area contributed by atoms with Gasteiger partial charge >= 0.3 is 5.97 Å². The topological polar surface area (TPSA) is 49.8 Å². The van der Waals surface area contributed by atoms with Crippen molar-refractivity contribution < 1.29 is 14.6 Å².